The van der Waals surface area contributed by atoms with E-state index in [1.807, 2.05) is 36.2 Å². The maximum Gasteiger partial charge on any atom is 0.239 e. The molecule has 1 aliphatic heterocycles. The molecule has 1 heterocycles. The second-order valence-electron chi connectivity index (χ2n) is 5.87. The van der Waals surface area contributed by atoms with Crippen molar-refractivity contribution in [3.8, 4) is 0 Å². The van der Waals surface area contributed by atoms with Gasteiger partial charge in [0, 0.05) is 18.6 Å². The van der Waals surface area contributed by atoms with Crippen LogP contribution >= 0.6 is 11.6 Å². The highest BCUT2D eigenvalue weighted by Gasteiger charge is 2.29. The standard InChI is InChI=1S/C17H25ClN2O/c1-3-11-20-12-5-4-6-16(20)17(21)19(2)13-14-7-9-15(18)10-8-14/h7-10,16H,3-6,11-13H2,1-2H3. The lowest BCUT2D eigenvalue weighted by molar-refractivity contribution is -0.137. The van der Waals surface area contributed by atoms with Crippen molar-refractivity contribution >= 4 is 17.5 Å². The Hall–Kier alpha value is -1.06. The van der Waals surface area contributed by atoms with Crippen LogP contribution in [0.2, 0.25) is 5.02 Å². The molecular weight excluding hydrogens is 284 g/mol. The van der Waals surface area contributed by atoms with Crippen LogP contribution in [0.1, 0.15) is 38.2 Å². The van der Waals surface area contributed by atoms with Gasteiger partial charge in [-0.2, -0.15) is 0 Å². The number of benzene rings is 1. The zero-order chi connectivity index (χ0) is 15.2. The second-order valence-corrected chi connectivity index (χ2v) is 6.30. The van der Waals surface area contributed by atoms with Gasteiger partial charge in [-0.15, -0.1) is 0 Å². The van der Waals surface area contributed by atoms with E-state index in [2.05, 4.69) is 11.8 Å². The number of carbonyl (C=O) groups excluding carboxylic acids is 1. The van der Waals surface area contributed by atoms with Gasteiger partial charge in [0.1, 0.15) is 0 Å². The molecule has 116 valence electrons. The summed E-state index contributed by atoms with van der Waals surface area (Å²) in [6, 6.07) is 7.78. The first-order valence-corrected chi connectivity index (χ1v) is 8.23. The molecule has 1 amide bonds. The zero-order valence-corrected chi connectivity index (χ0v) is 13.8. The van der Waals surface area contributed by atoms with Gasteiger partial charge >= 0.3 is 0 Å². The predicted molar refractivity (Wildman–Crippen MR) is 87.4 cm³/mol. The number of nitrogens with zero attached hydrogens (tertiary/aromatic N) is 2. The zero-order valence-electron chi connectivity index (χ0n) is 13.0. The van der Waals surface area contributed by atoms with Gasteiger partial charge in [0.05, 0.1) is 6.04 Å². The number of hydrogen-bond acceptors (Lipinski definition) is 2. The summed E-state index contributed by atoms with van der Waals surface area (Å²) in [5.74, 6) is 0.248. The lowest BCUT2D eigenvalue weighted by Gasteiger charge is -2.36. The van der Waals surface area contributed by atoms with Crippen LogP contribution in [0.25, 0.3) is 0 Å². The number of likely N-dealkylation sites (tertiary alicyclic amines) is 1. The van der Waals surface area contributed by atoms with Gasteiger partial charge < -0.3 is 4.90 Å². The molecule has 0 spiro atoms. The van der Waals surface area contributed by atoms with Gasteiger partial charge in [0.25, 0.3) is 0 Å². The molecule has 0 bridgehead atoms. The third kappa shape index (κ3) is 4.45. The van der Waals surface area contributed by atoms with Gasteiger partial charge in [-0.3, -0.25) is 9.69 Å². The number of rotatable bonds is 5. The Bertz CT molecular complexity index is 458. The summed E-state index contributed by atoms with van der Waals surface area (Å²) in [6.45, 7) is 4.89. The Morgan fingerprint density at radius 3 is 2.71 bits per heavy atom. The van der Waals surface area contributed by atoms with Crippen LogP contribution in [0, 0.1) is 0 Å². The largest absolute Gasteiger partial charge is 0.340 e. The van der Waals surface area contributed by atoms with E-state index in [-0.39, 0.29) is 11.9 Å². The maximum atomic E-state index is 12.7. The van der Waals surface area contributed by atoms with Crippen LogP contribution in [0.4, 0.5) is 0 Å². The third-order valence-corrected chi connectivity index (χ3v) is 4.37. The summed E-state index contributed by atoms with van der Waals surface area (Å²) in [5, 5.41) is 0.731. The van der Waals surface area contributed by atoms with E-state index in [1.165, 1.54) is 6.42 Å². The van der Waals surface area contributed by atoms with E-state index >= 15 is 0 Å². The van der Waals surface area contributed by atoms with E-state index in [0.29, 0.717) is 6.54 Å². The van der Waals surface area contributed by atoms with E-state index in [4.69, 9.17) is 11.6 Å². The lowest BCUT2D eigenvalue weighted by Crippen LogP contribution is -2.49. The van der Waals surface area contributed by atoms with E-state index < -0.39 is 0 Å². The van der Waals surface area contributed by atoms with Gasteiger partial charge in [0.2, 0.25) is 5.91 Å². The van der Waals surface area contributed by atoms with Crippen molar-refractivity contribution in [3.05, 3.63) is 34.9 Å². The summed E-state index contributed by atoms with van der Waals surface area (Å²) < 4.78 is 0. The van der Waals surface area contributed by atoms with Gasteiger partial charge in [-0.1, -0.05) is 37.1 Å². The van der Waals surface area contributed by atoms with Crippen molar-refractivity contribution in [3.63, 3.8) is 0 Å². The molecule has 1 aromatic carbocycles. The highest BCUT2D eigenvalue weighted by Crippen LogP contribution is 2.20. The monoisotopic (exact) mass is 308 g/mol. The van der Waals surface area contributed by atoms with Crippen molar-refractivity contribution in [2.24, 2.45) is 0 Å². The molecular formula is C17H25ClN2O. The fourth-order valence-electron chi connectivity index (χ4n) is 3.02. The summed E-state index contributed by atoms with van der Waals surface area (Å²) in [6.07, 6.45) is 4.46. The second kappa shape index (κ2) is 7.81. The van der Waals surface area contributed by atoms with Crippen LogP contribution in [0.15, 0.2) is 24.3 Å². The highest BCUT2D eigenvalue weighted by atomic mass is 35.5. The maximum absolute atomic E-state index is 12.7. The van der Waals surface area contributed by atoms with Crippen molar-refractivity contribution < 1.29 is 4.79 Å². The van der Waals surface area contributed by atoms with Gasteiger partial charge in [-0.05, 0) is 50.0 Å². The molecule has 0 saturated carbocycles. The van der Waals surface area contributed by atoms with E-state index in [9.17, 15) is 4.79 Å². The minimum Gasteiger partial charge on any atom is -0.340 e. The quantitative estimate of drug-likeness (QED) is 0.830. The van der Waals surface area contributed by atoms with E-state index in [0.717, 1.165) is 42.9 Å². The normalized spacial score (nSPS) is 19.5. The van der Waals surface area contributed by atoms with Crippen molar-refractivity contribution in [1.29, 1.82) is 0 Å². The number of halogens is 1. The molecule has 1 unspecified atom stereocenters. The topological polar surface area (TPSA) is 23.6 Å². The first-order valence-electron chi connectivity index (χ1n) is 7.85. The Kier molecular flexibility index (Phi) is 6.07. The number of likely N-dealkylation sites (N-methyl/N-ethyl adjacent to an activating group) is 1. The van der Waals surface area contributed by atoms with Crippen molar-refractivity contribution in [1.82, 2.24) is 9.80 Å². The van der Waals surface area contributed by atoms with Crippen molar-refractivity contribution in [2.45, 2.75) is 45.2 Å². The number of hydrogen-bond donors (Lipinski definition) is 0. The Morgan fingerprint density at radius 1 is 1.33 bits per heavy atom. The lowest BCUT2D eigenvalue weighted by atomic mass is 10.0. The Labute approximate surface area is 132 Å². The SMILES string of the molecule is CCCN1CCCCC1C(=O)N(C)Cc1ccc(Cl)cc1. The fourth-order valence-corrected chi connectivity index (χ4v) is 3.15. The molecule has 3 nitrogen and oxygen atoms in total. The van der Waals surface area contributed by atoms with Crippen LogP contribution in [0.3, 0.4) is 0 Å². The van der Waals surface area contributed by atoms with Crippen LogP contribution in [-0.4, -0.2) is 41.9 Å². The summed E-state index contributed by atoms with van der Waals surface area (Å²) in [5.41, 5.74) is 1.12. The van der Waals surface area contributed by atoms with Crippen LogP contribution in [-0.2, 0) is 11.3 Å². The average molecular weight is 309 g/mol. The predicted octanol–water partition coefficient (Wildman–Crippen LogP) is 3.56. The van der Waals surface area contributed by atoms with Gasteiger partial charge in [-0.25, -0.2) is 0 Å². The smallest absolute Gasteiger partial charge is 0.239 e. The van der Waals surface area contributed by atoms with E-state index in [1.54, 1.807) is 0 Å². The average Bonchev–Trinajstić information content (AvgIpc) is 2.50. The molecule has 0 aromatic heterocycles. The van der Waals surface area contributed by atoms with Gasteiger partial charge in [0.15, 0.2) is 0 Å². The molecule has 0 radical (unpaired) electrons. The number of carbonyl (C=O) groups is 1. The fraction of sp³-hybridized carbons (Fsp3) is 0.588. The molecule has 1 atom stereocenters. The molecule has 1 saturated heterocycles. The number of piperidine rings is 1. The molecule has 0 N–H and O–H groups in total. The molecule has 21 heavy (non-hydrogen) atoms. The molecule has 1 aromatic rings. The molecule has 0 aliphatic carbocycles. The first kappa shape index (κ1) is 16.3. The first-order chi connectivity index (χ1) is 10.1. The van der Waals surface area contributed by atoms with Crippen LogP contribution < -0.4 is 0 Å². The summed E-state index contributed by atoms with van der Waals surface area (Å²) in [4.78, 5) is 16.9. The Balaban J connectivity index is 1.98. The molecule has 1 fully saturated rings. The minimum absolute atomic E-state index is 0.0657. The molecule has 2 rings (SSSR count). The summed E-state index contributed by atoms with van der Waals surface area (Å²) in [7, 11) is 1.90. The Morgan fingerprint density at radius 2 is 2.05 bits per heavy atom. The third-order valence-electron chi connectivity index (χ3n) is 4.12. The molecule has 4 heteroatoms. The number of amides is 1. The highest BCUT2D eigenvalue weighted by molar-refractivity contribution is 6.30. The minimum atomic E-state index is 0.0657. The van der Waals surface area contributed by atoms with Crippen LogP contribution in [0.5, 0.6) is 0 Å². The summed E-state index contributed by atoms with van der Waals surface area (Å²) >= 11 is 5.90. The van der Waals surface area contributed by atoms with Crippen molar-refractivity contribution in [2.75, 3.05) is 20.1 Å². The molecule has 1 aliphatic rings.